The van der Waals surface area contributed by atoms with Crippen molar-refractivity contribution in [1.29, 1.82) is 0 Å². The summed E-state index contributed by atoms with van der Waals surface area (Å²) in [5.74, 6) is -2.16. The van der Waals surface area contributed by atoms with Gasteiger partial charge in [0.25, 0.3) is 0 Å². The monoisotopic (exact) mass is 771 g/mol. The van der Waals surface area contributed by atoms with Gasteiger partial charge in [-0.1, -0.05) is 30.3 Å². The number of nitrogens with two attached hydrogens (primary N) is 2. The summed E-state index contributed by atoms with van der Waals surface area (Å²) < 4.78 is 17.4. The number of phenolic OH excluding ortho intramolecular Hbond substituents is 1. The Kier molecular flexibility index (Phi) is 11.9. The van der Waals surface area contributed by atoms with Gasteiger partial charge in [-0.15, -0.1) is 0 Å². The van der Waals surface area contributed by atoms with Gasteiger partial charge in [-0.25, -0.2) is 4.98 Å². The van der Waals surface area contributed by atoms with Gasteiger partial charge in [0.15, 0.2) is 11.7 Å². The molecule has 4 aromatic rings. The quantitative estimate of drug-likeness (QED) is 0.0587. The number of anilines is 1. The minimum Gasteiger partial charge on any atom is -0.507 e. The van der Waals surface area contributed by atoms with Gasteiger partial charge in [0.2, 0.25) is 12.1 Å². The van der Waals surface area contributed by atoms with Crippen LogP contribution in [-0.4, -0.2) is 104 Å². The van der Waals surface area contributed by atoms with Crippen molar-refractivity contribution >= 4 is 23.3 Å². The first-order valence-electron chi connectivity index (χ1n) is 17.9. The molecular weight excluding hydrogens is 726 g/mol. The molecule has 3 aromatic carbocycles. The first kappa shape index (κ1) is 40.1. The second kappa shape index (κ2) is 16.6. The van der Waals surface area contributed by atoms with Gasteiger partial charge in [0.1, 0.15) is 47.0 Å². The number of carbonyl (C=O) groups is 2. The number of pyridine rings is 1. The number of nitrogens with one attached hydrogen (secondary N) is 1. The Morgan fingerprint density at radius 1 is 0.964 bits per heavy atom. The third-order valence-electron chi connectivity index (χ3n) is 10.4. The number of aliphatic hydroxyl groups is 5. The number of fused-ring (bicyclic) bond motifs is 2. The van der Waals surface area contributed by atoms with Crippen molar-refractivity contribution in [2.75, 3.05) is 26.5 Å². The highest BCUT2D eigenvalue weighted by Gasteiger charge is 2.55. The minimum atomic E-state index is -2.17. The summed E-state index contributed by atoms with van der Waals surface area (Å²) in [5.41, 5.74) is 10.9. The number of aromatic nitrogens is 1. The molecule has 0 bridgehead atoms. The van der Waals surface area contributed by atoms with E-state index in [9.17, 15) is 40.2 Å². The summed E-state index contributed by atoms with van der Waals surface area (Å²) in [6, 6.07) is 15.5. The van der Waals surface area contributed by atoms with Crippen LogP contribution in [0.2, 0.25) is 0 Å². The van der Waals surface area contributed by atoms with Crippen molar-refractivity contribution in [3.8, 4) is 17.2 Å². The molecule has 11 N–H and O–H groups in total. The molecule has 5 atom stereocenters. The zero-order chi connectivity index (χ0) is 40.3. The van der Waals surface area contributed by atoms with E-state index in [0.29, 0.717) is 29.5 Å². The summed E-state index contributed by atoms with van der Waals surface area (Å²) in [4.78, 5) is 37.0. The topological polar surface area (TPSA) is 273 Å². The highest BCUT2D eigenvalue weighted by atomic mass is 16.7. The predicted molar refractivity (Wildman–Crippen MR) is 202 cm³/mol. The SMILES string of the molecule is CN=C(N)NCc1c(CCc2ccccc2)cc2c(c1O)C(=O)c1c(O[C@@H]3O[C@H](CO)[C@](O)(CCc4ccnc(N)c4)[C@H](O)[C@H]3O)cc(OC)c(CO)c1C2=O. The number of aliphatic hydroxyl groups excluding tert-OH is 4. The fourth-order valence-corrected chi connectivity index (χ4v) is 7.34. The van der Waals surface area contributed by atoms with E-state index in [0.717, 1.165) is 5.56 Å². The summed E-state index contributed by atoms with van der Waals surface area (Å²) >= 11 is 0. The fraction of sp³-hybridized carbons (Fsp3) is 0.350. The Bertz CT molecular complexity index is 2140. The Morgan fingerprint density at radius 3 is 2.38 bits per heavy atom. The van der Waals surface area contributed by atoms with Gasteiger partial charge in [0, 0.05) is 48.1 Å². The van der Waals surface area contributed by atoms with Crippen LogP contribution in [0.3, 0.4) is 0 Å². The van der Waals surface area contributed by atoms with Crippen LogP contribution in [0.5, 0.6) is 17.2 Å². The highest BCUT2D eigenvalue weighted by Crippen LogP contribution is 2.45. The number of benzene rings is 3. The van der Waals surface area contributed by atoms with E-state index in [1.165, 1.54) is 32.5 Å². The van der Waals surface area contributed by atoms with Crippen LogP contribution >= 0.6 is 0 Å². The van der Waals surface area contributed by atoms with Crippen LogP contribution in [0.1, 0.15) is 66.1 Å². The Balaban J connectivity index is 1.39. The first-order valence-corrected chi connectivity index (χ1v) is 17.9. The fourth-order valence-electron chi connectivity index (χ4n) is 7.34. The average Bonchev–Trinajstić information content (AvgIpc) is 3.20. The standard InChI is InChI=1S/C40H45N5O11/c1-43-39(42)45-17-24-22(9-8-20-6-4-3-5-7-20)15-23-31(34(24)49)35(50)32-27(16-26(54-2)25(18-46)30(32)33(23)48)55-38-36(51)37(52)40(53,28(19-47)56-38)12-10-21-11-13-44-29(41)14-21/h3-7,11,13-16,28,36-38,46-47,49,51-53H,8-10,12,17-19H2,1-2H3,(H2,41,44)(H3,42,43,45)/t28-,36-,37-,38-,40-/m1/s1. The first-order chi connectivity index (χ1) is 26.9. The molecule has 1 aliphatic carbocycles. The Hall–Kier alpha value is -5.62. The minimum absolute atomic E-state index is 0.0358. The molecule has 0 unspecified atom stereocenters. The van der Waals surface area contributed by atoms with E-state index in [-0.39, 0.29) is 70.5 Å². The van der Waals surface area contributed by atoms with Crippen LogP contribution in [0.4, 0.5) is 5.82 Å². The van der Waals surface area contributed by atoms with Crippen LogP contribution in [-0.2, 0) is 37.2 Å². The van der Waals surface area contributed by atoms with Crippen molar-refractivity contribution < 1.29 is 54.4 Å². The summed E-state index contributed by atoms with van der Waals surface area (Å²) in [6.45, 7) is -1.58. The van der Waals surface area contributed by atoms with E-state index in [1.807, 2.05) is 30.3 Å². The molecule has 1 aliphatic heterocycles. The second-order valence-corrected chi connectivity index (χ2v) is 13.7. The molecule has 1 saturated heterocycles. The van der Waals surface area contributed by atoms with Gasteiger partial charge in [-0.05, 0) is 60.6 Å². The maximum atomic E-state index is 14.6. The molecule has 56 heavy (non-hydrogen) atoms. The molecule has 16 heteroatoms. The molecule has 1 aromatic heterocycles. The van der Waals surface area contributed by atoms with E-state index in [1.54, 1.807) is 12.1 Å². The number of aromatic hydroxyl groups is 1. The normalized spacial score (nSPS) is 22.0. The van der Waals surface area contributed by atoms with Crippen molar-refractivity contribution in [3.05, 3.63) is 111 Å². The summed E-state index contributed by atoms with van der Waals surface area (Å²) in [5, 5.41) is 69.7. The molecular formula is C40H45N5O11. The Morgan fingerprint density at radius 2 is 1.71 bits per heavy atom. The van der Waals surface area contributed by atoms with Crippen LogP contribution in [0.25, 0.3) is 0 Å². The molecule has 1 fully saturated rings. The van der Waals surface area contributed by atoms with Gasteiger partial charge in [-0.2, -0.15) is 0 Å². The molecule has 0 saturated carbocycles. The van der Waals surface area contributed by atoms with Crippen molar-refractivity contribution in [3.63, 3.8) is 0 Å². The largest absolute Gasteiger partial charge is 0.507 e. The van der Waals surface area contributed by atoms with E-state index < -0.39 is 60.7 Å². The third kappa shape index (κ3) is 7.49. The van der Waals surface area contributed by atoms with Gasteiger partial charge in [0.05, 0.1) is 31.5 Å². The number of phenols is 1. The molecule has 0 amide bonds. The molecule has 0 spiro atoms. The van der Waals surface area contributed by atoms with E-state index >= 15 is 0 Å². The second-order valence-electron chi connectivity index (χ2n) is 13.7. The molecule has 16 nitrogen and oxygen atoms in total. The third-order valence-corrected chi connectivity index (χ3v) is 10.4. The van der Waals surface area contributed by atoms with Crippen LogP contribution in [0.15, 0.2) is 65.8 Å². The van der Waals surface area contributed by atoms with Gasteiger partial charge in [-0.3, -0.25) is 14.6 Å². The summed E-state index contributed by atoms with van der Waals surface area (Å²) in [6.07, 6.45) is -4.81. The van der Waals surface area contributed by atoms with Gasteiger partial charge < -0.3 is 61.6 Å². The number of guanidine groups is 1. The average molecular weight is 772 g/mol. The lowest BCUT2D eigenvalue weighted by Gasteiger charge is -2.48. The zero-order valence-corrected chi connectivity index (χ0v) is 30.8. The molecule has 296 valence electrons. The number of carbonyl (C=O) groups excluding carboxylic acids is 2. The highest BCUT2D eigenvalue weighted by molar-refractivity contribution is 6.31. The van der Waals surface area contributed by atoms with Crippen molar-refractivity contribution in [2.24, 2.45) is 10.7 Å². The lowest BCUT2D eigenvalue weighted by atomic mass is 9.78. The smallest absolute Gasteiger partial charge is 0.229 e. The number of nitrogens with zero attached hydrogens (tertiary/aromatic N) is 2. The number of methoxy groups -OCH3 is 1. The molecule has 6 rings (SSSR count). The van der Waals surface area contributed by atoms with Crippen LogP contribution < -0.4 is 26.3 Å². The number of rotatable bonds is 13. The number of ketones is 2. The lowest BCUT2D eigenvalue weighted by molar-refractivity contribution is -0.314. The number of aryl methyl sites for hydroxylation is 3. The van der Waals surface area contributed by atoms with E-state index in [4.69, 9.17) is 25.7 Å². The molecule has 2 heterocycles. The van der Waals surface area contributed by atoms with Crippen LogP contribution in [0, 0.1) is 0 Å². The number of aliphatic imine (C=N–C) groups is 1. The number of ether oxygens (including phenoxy) is 3. The van der Waals surface area contributed by atoms with Crippen molar-refractivity contribution in [2.45, 2.75) is 69.0 Å². The van der Waals surface area contributed by atoms with E-state index in [2.05, 4.69) is 15.3 Å². The summed E-state index contributed by atoms with van der Waals surface area (Å²) in [7, 11) is 2.76. The number of hydrogen-bond donors (Lipinski definition) is 9. The number of hydrogen-bond acceptors (Lipinski definition) is 14. The predicted octanol–water partition coefficient (Wildman–Crippen LogP) is 0.647. The van der Waals surface area contributed by atoms with Crippen molar-refractivity contribution in [1.82, 2.24) is 10.3 Å². The maximum Gasteiger partial charge on any atom is 0.229 e. The maximum absolute atomic E-state index is 14.6. The molecule has 2 aliphatic rings. The number of nitrogen functional groups attached to an aromatic ring is 1. The Labute approximate surface area is 322 Å². The lowest BCUT2D eigenvalue weighted by Crippen LogP contribution is -2.68. The molecule has 0 radical (unpaired) electrons. The zero-order valence-electron chi connectivity index (χ0n) is 30.8. The van der Waals surface area contributed by atoms with Gasteiger partial charge >= 0.3 is 0 Å².